The monoisotopic (exact) mass is 385 g/mol. The van der Waals surface area contributed by atoms with Gasteiger partial charge in [-0.1, -0.05) is 32.0 Å². The van der Waals surface area contributed by atoms with E-state index >= 15 is 0 Å². The van der Waals surface area contributed by atoms with E-state index in [0.29, 0.717) is 31.1 Å². The van der Waals surface area contributed by atoms with Crippen LogP contribution < -0.4 is 9.47 Å². The number of rotatable bonds is 6. The number of amides is 1. The Bertz CT molecular complexity index is 863. The van der Waals surface area contributed by atoms with Gasteiger partial charge in [0.05, 0.1) is 0 Å². The summed E-state index contributed by atoms with van der Waals surface area (Å²) in [5, 5.41) is 4.03. The van der Waals surface area contributed by atoms with E-state index in [9.17, 15) is 4.79 Å². The van der Waals surface area contributed by atoms with Crippen LogP contribution in [0.4, 0.5) is 0 Å². The molecule has 0 bridgehead atoms. The molecule has 1 unspecified atom stereocenters. The molecule has 1 fully saturated rings. The summed E-state index contributed by atoms with van der Waals surface area (Å²) in [4.78, 5) is 18.8. The number of benzene rings is 1. The van der Waals surface area contributed by atoms with E-state index in [0.717, 1.165) is 30.9 Å². The fourth-order valence-electron chi connectivity index (χ4n) is 3.93. The minimum absolute atomic E-state index is 0.0297. The maximum atomic E-state index is 12.4. The van der Waals surface area contributed by atoms with Crippen molar-refractivity contribution in [3.8, 4) is 11.5 Å². The largest absolute Gasteiger partial charge is 0.454 e. The van der Waals surface area contributed by atoms with Crippen molar-refractivity contribution in [3.63, 3.8) is 0 Å². The van der Waals surface area contributed by atoms with E-state index in [1.54, 1.807) is 0 Å². The molecule has 150 valence electrons. The number of fused-ring (bicyclic) bond motifs is 1. The summed E-state index contributed by atoms with van der Waals surface area (Å²) in [6.07, 6.45) is 2.97. The average Bonchev–Trinajstić information content (AvgIpc) is 3.31. The van der Waals surface area contributed by atoms with Crippen LogP contribution in [0.1, 0.15) is 56.8 Å². The summed E-state index contributed by atoms with van der Waals surface area (Å²) in [5.41, 5.74) is 1.24. The van der Waals surface area contributed by atoms with Crippen molar-refractivity contribution in [2.75, 3.05) is 19.9 Å². The van der Waals surface area contributed by atoms with Gasteiger partial charge in [-0.05, 0) is 36.0 Å². The average molecular weight is 385 g/mol. The first-order valence-corrected chi connectivity index (χ1v) is 9.91. The number of hydrogen-bond acceptors (Lipinski definition) is 6. The molecule has 0 saturated carbocycles. The van der Waals surface area contributed by atoms with Gasteiger partial charge in [-0.3, -0.25) is 4.79 Å². The van der Waals surface area contributed by atoms with E-state index in [-0.39, 0.29) is 24.0 Å². The molecular formula is C21H27N3O4. The molecule has 1 amide bonds. The Morgan fingerprint density at radius 2 is 2.07 bits per heavy atom. The quantitative estimate of drug-likeness (QED) is 0.759. The lowest BCUT2D eigenvalue weighted by atomic mass is 9.76. The lowest BCUT2D eigenvalue weighted by Crippen LogP contribution is -2.46. The van der Waals surface area contributed by atoms with Crippen LogP contribution in [0.25, 0.3) is 0 Å². The predicted octanol–water partition coefficient (Wildman–Crippen LogP) is 3.34. The third kappa shape index (κ3) is 3.98. The number of carbonyl (C=O) groups is 1. The summed E-state index contributed by atoms with van der Waals surface area (Å²) in [5.74, 6) is 3.34. The van der Waals surface area contributed by atoms with Crippen LogP contribution >= 0.6 is 0 Å². The van der Waals surface area contributed by atoms with Crippen LogP contribution in [0.15, 0.2) is 22.7 Å². The van der Waals surface area contributed by atoms with Gasteiger partial charge in [0.15, 0.2) is 17.3 Å². The summed E-state index contributed by atoms with van der Waals surface area (Å²) < 4.78 is 16.2. The highest BCUT2D eigenvalue weighted by atomic mass is 16.7. The minimum Gasteiger partial charge on any atom is -0.454 e. The summed E-state index contributed by atoms with van der Waals surface area (Å²) in [7, 11) is 0. The second-order valence-electron chi connectivity index (χ2n) is 8.44. The molecule has 2 aliphatic rings. The van der Waals surface area contributed by atoms with Gasteiger partial charge in [0.2, 0.25) is 18.6 Å². The highest BCUT2D eigenvalue weighted by molar-refractivity contribution is 5.77. The molecule has 0 N–H and O–H groups in total. The molecule has 28 heavy (non-hydrogen) atoms. The third-order valence-electron chi connectivity index (χ3n) is 5.52. The maximum Gasteiger partial charge on any atom is 0.231 e. The zero-order chi connectivity index (χ0) is 19.7. The zero-order valence-corrected chi connectivity index (χ0v) is 16.7. The molecule has 3 heterocycles. The van der Waals surface area contributed by atoms with Crippen LogP contribution in [0, 0.1) is 5.41 Å². The minimum atomic E-state index is 0.0297. The molecular weight excluding hydrogens is 358 g/mol. The summed E-state index contributed by atoms with van der Waals surface area (Å²) in [6.45, 7) is 7.93. The molecule has 0 aliphatic carbocycles. The standard InChI is InChI=1S/C21H27N3O4/c1-14(2)20-22-18(23-28-20)7-9-24-12-21(3,8-6-19(24)25)11-15-4-5-16-17(10-15)27-13-26-16/h4-5,10,14H,6-9,11-13H2,1-3H3. The Kier molecular flexibility index (Phi) is 5.00. The molecule has 0 radical (unpaired) electrons. The molecule has 1 saturated heterocycles. The molecule has 1 aromatic heterocycles. The molecule has 1 atom stereocenters. The first kappa shape index (κ1) is 18.8. The van der Waals surface area contributed by atoms with Gasteiger partial charge in [0.1, 0.15) is 0 Å². The second-order valence-corrected chi connectivity index (χ2v) is 8.44. The normalized spacial score (nSPS) is 21.6. The van der Waals surface area contributed by atoms with Gasteiger partial charge in [0.25, 0.3) is 0 Å². The highest BCUT2D eigenvalue weighted by Gasteiger charge is 2.35. The number of ether oxygens (including phenoxy) is 2. The highest BCUT2D eigenvalue weighted by Crippen LogP contribution is 2.37. The zero-order valence-electron chi connectivity index (χ0n) is 16.7. The summed E-state index contributed by atoms with van der Waals surface area (Å²) in [6, 6.07) is 6.11. The van der Waals surface area contributed by atoms with E-state index in [2.05, 4.69) is 29.2 Å². The van der Waals surface area contributed by atoms with E-state index in [1.165, 1.54) is 5.56 Å². The van der Waals surface area contributed by atoms with Crippen molar-refractivity contribution < 1.29 is 18.8 Å². The fourth-order valence-corrected chi connectivity index (χ4v) is 3.93. The lowest BCUT2D eigenvalue weighted by molar-refractivity contribution is -0.137. The predicted molar refractivity (Wildman–Crippen MR) is 102 cm³/mol. The second kappa shape index (κ2) is 7.45. The van der Waals surface area contributed by atoms with Gasteiger partial charge in [0, 0.05) is 31.8 Å². The lowest BCUT2D eigenvalue weighted by Gasteiger charge is -2.40. The Morgan fingerprint density at radius 3 is 2.86 bits per heavy atom. The summed E-state index contributed by atoms with van der Waals surface area (Å²) >= 11 is 0. The van der Waals surface area contributed by atoms with Crippen molar-refractivity contribution >= 4 is 5.91 Å². The molecule has 7 nitrogen and oxygen atoms in total. The van der Waals surface area contributed by atoms with Crippen molar-refractivity contribution in [3.05, 3.63) is 35.5 Å². The fraction of sp³-hybridized carbons (Fsp3) is 0.571. The van der Waals surface area contributed by atoms with Crippen LogP contribution in [0.3, 0.4) is 0 Å². The number of aromatic nitrogens is 2. The molecule has 2 aliphatic heterocycles. The first-order chi connectivity index (χ1) is 13.4. The van der Waals surface area contributed by atoms with Gasteiger partial charge in [-0.25, -0.2) is 0 Å². The Hall–Kier alpha value is -2.57. The van der Waals surface area contributed by atoms with Crippen molar-refractivity contribution in [1.29, 1.82) is 0 Å². The smallest absolute Gasteiger partial charge is 0.231 e. The number of piperidine rings is 1. The van der Waals surface area contributed by atoms with Gasteiger partial charge in [-0.15, -0.1) is 0 Å². The molecule has 7 heteroatoms. The van der Waals surface area contributed by atoms with Crippen molar-refractivity contribution in [2.24, 2.45) is 5.41 Å². The molecule has 1 aromatic carbocycles. The molecule has 4 rings (SSSR count). The third-order valence-corrected chi connectivity index (χ3v) is 5.52. The first-order valence-electron chi connectivity index (χ1n) is 9.91. The number of hydrogen-bond donors (Lipinski definition) is 0. The Labute approximate surface area is 165 Å². The molecule has 0 spiro atoms. The SMILES string of the molecule is CC(C)c1nc(CCN2CC(C)(Cc3ccc4c(c3)OCO4)CCC2=O)no1. The van der Waals surface area contributed by atoms with Crippen molar-refractivity contribution in [1.82, 2.24) is 15.0 Å². The van der Waals surface area contributed by atoms with Crippen molar-refractivity contribution in [2.45, 2.75) is 52.4 Å². The molecule has 2 aromatic rings. The van der Waals surface area contributed by atoms with Gasteiger partial charge >= 0.3 is 0 Å². The van der Waals surface area contributed by atoms with E-state index in [1.807, 2.05) is 24.8 Å². The number of carbonyl (C=O) groups excluding carboxylic acids is 1. The topological polar surface area (TPSA) is 77.7 Å². The van der Waals surface area contributed by atoms with E-state index < -0.39 is 0 Å². The Balaban J connectivity index is 1.39. The van der Waals surface area contributed by atoms with Gasteiger partial charge < -0.3 is 18.9 Å². The van der Waals surface area contributed by atoms with Crippen LogP contribution in [-0.4, -0.2) is 40.8 Å². The van der Waals surface area contributed by atoms with E-state index in [4.69, 9.17) is 14.0 Å². The maximum absolute atomic E-state index is 12.4. The number of likely N-dealkylation sites (tertiary alicyclic amines) is 1. The van der Waals surface area contributed by atoms with Gasteiger partial charge in [-0.2, -0.15) is 4.98 Å². The Morgan fingerprint density at radius 1 is 1.25 bits per heavy atom. The number of nitrogens with zero attached hydrogens (tertiary/aromatic N) is 3. The van der Waals surface area contributed by atoms with Crippen LogP contribution in [0.5, 0.6) is 11.5 Å². The van der Waals surface area contributed by atoms with Crippen LogP contribution in [0.2, 0.25) is 0 Å². The van der Waals surface area contributed by atoms with Crippen LogP contribution in [-0.2, 0) is 17.6 Å².